The number of rotatable bonds is 9. The minimum absolute atomic E-state index is 0.0709. The van der Waals surface area contributed by atoms with E-state index in [4.69, 9.17) is 9.52 Å². The summed E-state index contributed by atoms with van der Waals surface area (Å²) in [5, 5.41) is 15.0. The molecule has 3 aromatic carbocycles. The number of para-hydroxylation sites is 1. The minimum Gasteiger partial charge on any atom is -0.481 e. The molecule has 9 heteroatoms. The van der Waals surface area contributed by atoms with E-state index in [1.54, 1.807) is 41.4 Å². The number of furan rings is 1. The van der Waals surface area contributed by atoms with Crippen LogP contribution < -0.4 is 0 Å². The standard InChI is InChI=1S/C29H24F3N3O3/c30-29(31,32)13-11-25(20-7-5-19(6-8-20)17-33-14-12-28(36)37)35-24-10-9-22(15-23(24)18-34-35)27-16-21-3-1-2-4-26(21)38-27/h1-10,15-18,25H,11-14H2,(H,36,37). The highest BCUT2D eigenvalue weighted by Gasteiger charge is 2.30. The number of benzene rings is 3. The summed E-state index contributed by atoms with van der Waals surface area (Å²) in [6.07, 6.45) is -2.27. The van der Waals surface area contributed by atoms with Crippen molar-refractivity contribution in [3.63, 3.8) is 0 Å². The second-order valence-electron chi connectivity index (χ2n) is 9.03. The molecule has 0 aliphatic carbocycles. The molecule has 2 heterocycles. The van der Waals surface area contributed by atoms with Crippen LogP contribution in [0, 0.1) is 0 Å². The smallest absolute Gasteiger partial charge is 0.389 e. The summed E-state index contributed by atoms with van der Waals surface area (Å²) in [5.41, 5.74) is 3.77. The lowest BCUT2D eigenvalue weighted by molar-refractivity contribution is -0.137. The van der Waals surface area contributed by atoms with E-state index in [1.807, 2.05) is 48.5 Å². The Morgan fingerprint density at radius 3 is 2.58 bits per heavy atom. The summed E-state index contributed by atoms with van der Waals surface area (Å²) >= 11 is 0. The molecule has 0 aliphatic rings. The first-order valence-corrected chi connectivity index (χ1v) is 12.1. The van der Waals surface area contributed by atoms with Crippen LogP contribution in [-0.4, -0.2) is 39.8 Å². The summed E-state index contributed by atoms with van der Waals surface area (Å²) in [7, 11) is 0. The summed E-state index contributed by atoms with van der Waals surface area (Å²) in [6.45, 7) is 0.153. The Balaban J connectivity index is 1.44. The van der Waals surface area contributed by atoms with E-state index in [0.717, 1.165) is 33.0 Å². The van der Waals surface area contributed by atoms with Gasteiger partial charge in [0.05, 0.1) is 24.2 Å². The molecule has 0 fully saturated rings. The number of nitrogens with zero attached hydrogens (tertiary/aromatic N) is 3. The number of halogens is 3. The molecule has 0 bridgehead atoms. The van der Waals surface area contributed by atoms with Gasteiger partial charge in [-0.15, -0.1) is 0 Å². The SMILES string of the molecule is O=C(O)CCN=Cc1ccc(C(CCC(F)(F)F)n2ncc3cc(-c4cc5ccccc5o4)ccc32)cc1. The lowest BCUT2D eigenvalue weighted by Crippen LogP contribution is -2.16. The fourth-order valence-corrected chi connectivity index (χ4v) is 4.44. The van der Waals surface area contributed by atoms with Crippen LogP contribution in [0.4, 0.5) is 13.2 Å². The molecular formula is C29H24F3N3O3. The highest BCUT2D eigenvalue weighted by Crippen LogP contribution is 2.34. The fraction of sp³-hybridized carbons (Fsp3) is 0.207. The molecule has 5 aromatic rings. The molecule has 2 aromatic heterocycles. The molecule has 0 spiro atoms. The maximum absolute atomic E-state index is 13.2. The van der Waals surface area contributed by atoms with Crippen molar-refractivity contribution in [1.82, 2.24) is 9.78 Å². The molecule has 1 atom stereocenters. The molecule has 1 N–H and O–H groups in total. The van der Waals surface area contributed by atoms with Gasteiger partial charge in [-0.05, 0) is 47.9 Å². The maximum atomic E-state index is 13.2. The first kappa shape index (κ1) is 25.3. The van der Waals surface area contributed by atoms with Gasteiger partial charge in [-0.3, -0.25) is 14.5 Å². The monoisotopic (exact) mass is 519 g/mol. The van der Waals surface area contributed by atoms with E-state index >= 15 is 0 Å². The predicted molar refractivity (Wildman–Crippen MR) is 140 cm³/mol. The highest BCUT2D eigenvalue weighted by atomic mass is 19.4. The van der Waals surface area contributed by atoms with E-state index in [2.05, 4.69) is 10.1 Å². The van der Waals surface area contributed by atoms with Gasteiger partial charge in [0, 0.05) is 35.5 Å². The van der Waals surface area contributed by atoms with Gasteiger partial charge >= 0.3 is 12.1 Å². The van der Waals surface area contributed by atoms with Crippen molar-refractivity contribution in [2.75, 3.05) is 6.54 Å². The van der Waals surface area contributed by atoms with Crippen molar-refractivity contribution in [1.29, 1.82) is 0 Å². The van der Waals surface area contributed by atoms with Gasteiger partial charge < -0.3 is 9.52 Å². The molecule has 0 radical (unpaired) electrons. The van der Waals surface area contributed by atoms with E-state index in [1.165, 1.54) is 0 Å². The Kier molecular flexibility index (Phi) is 7.00. The molecular weight excluding hydrogens is 495 g/mol. The second-order valence-corrected chi connectivity index (χ2v) is 9.03. The third-order valence-electron chi connectivity index (χ3n) is 6.32. The average molecular weight is 520 g/mol. The van der Waals surface area contributed by atoms with Crippen LogP contribution in [0.15, 0.2) is 88.4 Å². The number of aliphatic imine (C=N–C) groups is 1. The fourth-order valence-electron chi connectivity index (χ4n) is 4.44. The third kappa shape index (κ3) is 5.77. The third-order valence-corrected chi connectivity index (χ3v) is 6.32. The number of aliphatic carboxylic acids is 1. The summed E-state index contributed by atoms with van der Waals surface area (Å²) in [5.74, 6) is -0.226. The molecule has 5 rings (SSSR count). The van der Waals surface area contributed by atoms with E-state index in [9.17, 15) is 18.0 Å². The molecule has 6 nitrogen and oxygen atoms in total. The predicted octanol–water partition coefficient (Wildman–Crippen LogP) is 7.28. The number of carboxylic acids is 1. The summed E-state index contributed by atoms with van der Waals surface area (Å²) in [6, 6.07) is 21.7. The molecule has 194 valence electrons. The number of carboxylic acid groups (broad SMARTS) is 1. The molecule has 0 amide bonds. The van der Waals surface area contributed by atoms with E-state index in [-0.39, 0.29) is 19.4 Å². The zero-order valence-electron chi connectivity index (χ0n) is 20.2. The van der Waals surface area contributed by atoms with Crippen LogP contribution in [0.2, 0.25) is 0 Å². The Morgan fingerprint density at radius 2 is 1.84 bits per heavy atom. The maximum Gasteiger partial charge on any atom is 0.389 e. The Labute approximate surface area is 216 Å². The lowest BCUT2D eigenvalue weighted by atomic mass is 10.00. The van der Waals surface area contributed by atoms with Crippen molar-refractivity contribution in [2.24, 2.45) is 4.99 Å². The zero-order valence-corrected chi connectivity index (χ0v) is 20.2. The van der Waals surface area contributed by atoms with Crippen LogP contribution in [0.25, 0.3) is 33.2 Å². The quantitative estimate of drug-likeness (QED) is 0.208. The van der Waals surface area contributed by atoms with Gasteiger partial charge in [-0.2, -0.15) is 18.3 Å². The lowest BCUT2D eigenvalue weighted by Gasteiger charge is -2.20. The Bertz CT molecular complexity index is 1570. The number of hydrogen-bond acceptors (Lipinski definition) is 4. The van der Waals surface area contributed by atoms with Gasteiger partial charge in [0.25, 0.3) is 0 Å². The van der Waals surface area contributed by atoms with Gasteiger partial charge in [-0.25, -0.2) is 0 Å². The molecule has 0 saturated heterocycles. The number of carbonyl (C=O) groups is 1. The highest BCUT2D eigenvalue weighted by molar-refractivity contribution is 5.87. The molecule has 38 heavy (non-hydrogen) atoms. The second kappa shape index (κ2) is 10.5. The summed E-state index contributed by atoms with van der Waals surface area (Å²) < 4.78 is 47.2. The number of alkyl halides is 3. The van der Waals surface area contributed by atoms with E-state index < -0.39 is 24.6 Å². The number of fused-ring (bicyclic) bond motifs is 2. The first-order chi connectivity index (χ1) is 18.3. The van der Waals surface area contributed by atoms with Crippen molar-refractivity contribution >= 4 is 34.1 Å². The average Bonchev–Trinajstić information content (AvgIpc) is 3.51. The molecule has 0 aliphatic heterocycles. The van der Waals surface area contributed by atoms with Gasteiger partial charge in [-0.1, -0.05) is 42.5 Å². The minimum atomic E-state index is -4.30. The van der Waals surface area contributed by atoms with Crippen LogP contribution in [0.3, 0.4) is 0 Å². The van der Waals surface area contributed by atoms with Gasteiger partial charge in [0.15, 0.2) is 0 Å². The van der Waals surface area contributed by atoms with E-state index in [0.29, 0.717) is 11.3 Å². The number of hydrogen-bond donors (Lipinski definition) is 1. The molecule has 1 unspecified atom stereocenters. The summed E-state index contributed by atoms with van der Waals surface area (Å²) in [4.78, 5) is 14.7. The number of aromatic nitrogens is 2. The van der Waals surface area contributed by atoms with Crippen LogP contribution in [-0.2, 0) is 4.79 Å². The van der Waals surface area contributed by atoms with Crippen molar-refractivity contribution in [3.05, 3.63) is 90.1 Å². The van der Waals surface area contributed by atoms with Crippen LogP contribution in [0.5, 0.6) is 0 Å². The Hall–Kier alpha value is -4.40. The van der Waals surface area contributed by atoms with Crippen LogP contribution in [0.1, 0.15) is 36.4 Å². The molecule has 0 saturated carbocycles. The topological polar surface area (TPSA) is 80.6 Å². The largest absolute Gasteiger partial charge is 0.481 e. The Morgan fingerprint density at radius 1 is 1.05 bits per heavy atom. The van der Waals surface area contributed by atoms with Crippen LogP contribution >= 0.6 is 0 Å². The first-order valence-electron chi connectivity index (χ1n) is 12.1. The van der Waals surface area contributed by atoms with Gasteiger partial charge in [0.1, 0.15) is 11.3 Å². The normalized spacial score (nSPS) is 13.0. The zero-order chi connectivity index (χ0) is 26.7. The van der Waals surface area contributed by atoms with Crippen molar-refractivity contribution in [2.45, 2.75) is 31.5 Å². The van der Waals surface area contributed by atoms with Crippen molar-refractivity contribution < 1.29 is 27.5 Å². The van der Waals surface area contributed by atoms with Crippen molar-refractivity contribution in [3.8, 4) is 11.3 Å². The van der Waals surface area contributed by atoms with Gasteiger partial charge in [0.2, 0.25) is 0 Å².